The minimum Gasteiger partial charge on any atom is -0.383 e. The first-order valence-electron chi connectivity index (χ1n) is 7.22. The van der Waals surface area contributed by atoms with E-state index in [1.807, 2.05) is 31.2 Å². The van der Waals surface area contributed by atoms with Crippen LogP contribution in [0.25, 0.3) is 0 Å². The van der Waals surface area contributed by atoms with Crippen LogP contribution in [-0.4, -0.2) is 17.6 Å². The van der Waals surface area contributed by atoms with Crippen molar-refractivity contribution in [3.05, 3.63) is 56.3 Å². The molecule has 0 spiro atoms. The molecule has 0 aliphatic carbocycles. The Balaban J connectivity index is 1.97. The van der Waals surface area contributed by atoms with Crippen molar-refractivity contribution >= 4 is 17.2 Å². The number of amides is 1. The Morgan fingerprint density at radius 1 is 1.29 bits per heavy atom. The van der Waals surface area contributed by atoms with Gasteiger partial charge in [0, 0.05) is 21.9 Å². The van der Waals surface area contributed by atoms with Crippen molar-refractivity contribution in [2.45, 2.75) is 32.8 Å². The Morgan fingerprint density at radius 2 is 2.10 bits per heavy atom. The fourth-order valence-corrected chi connectivity index (χ4v) is 3.73. The van der Waals surface area contributed by atoms with E-state index in [4.69, 9.17) is 0 Å². The van der Waals surface area contributed by atoms with Crippen molar-refractivity contribution in [1.82, 2.24) is 5.32 Å². The van der Waals surface area contributed by atoms with E-state index in [9.17, 15) is 9.90 Å². The monoisotopic (exact) mass is 301 g/mol. The van der Waals surface area contributed by atoms with Gasteiger partial charge >= 0.3 is 0 Å². The first kappa shape index (κ1) is 14.3. The third kappa shape index (κ3) is 2.74. The lowest BCUT2D eigenvalue weighted by molar-refractivity contribution is 0.0956. The number of benzene rings is 1. The Morgan fingerprint density at radius 3 is 2.81 bits per heavy atom. The van der Waals surface area contributed by atoms with Gasteiger partial charge in [0.15, 0.2) is 0 Å². The first-order valence-corrected chi connectivity index (χ1v) is 8.04. The van der Waals surface area contributed by atoms with Crippen LogP contribution >= 0.6 is 11.3 Å². The van der Waals surface area contributed by atoms with Crippen molar-refractivity contribution in [3.63, 3.8) is 0 Å². The zero-order chi connectivity index (χ0) is 15.0. The van der Waals surface area contributed by atoms with E-state index in [1.54, 1.807) is 11.3 Å². The molecule has 1 aliphatic rings. The number of carbonyl (C=O) groups excluding carboxylic acids is 1. The summed E-state index contributed by atoms with van der Waals surface area (Å²) in [6, 6.07) is 7.78. The molecule has 4 heteroatoms. The number of carbonyl (C=O) groups is 1. The zero-order valence-corrected chi connectivity index (χ0v) is 13.1. The Hall–Kier alpha value is -1.65. The van der Waals surface area contributed by atoms with Gasteiger partial charge in [-0.05, 0) is 55.5 Å². The molecule has 2 aromatic rings. The largest absolute Gasteiger partial charge is 0.383 e. The summed E-state index contributed by atoms with van der Waals surface area (Å²) in [5, 5.41) is 13.5. The zero-order valence-electron chi connectivity index (χ0n) is 12.3. The number of fused-ring (bicyclic) bond motifs is 1. The minimum absolute atomic E-state index is 0.0323. The highest BCUT2D eigenvalue weighted by atomic mass is 32.1. The summed E-state index contributed by atoms with van der Waals surface area (Å²) in [5.74, 6) is -0.0323. The molecule has 1 aromatic heterocycles. The van der Waals surface area contributed by atoms with Gasteiger partial charge in [-0.3, -0.25) is 4.79 Å². The van der Waals surface area contributed by atoms with E-state index < -0.39 is 6.10 Å². The molecule has 21 heavy (non-hydrogen) atoms. The van der Waals surface area contributed by atoms with E-state index in [2.05, 4.69) is 12.2 Å². The molecule has 1 aromatic carbocycles. The summed E-state index contributed by atoms with van der Waals surface area (Å²) in [7, 11) is 0. The Labute approximate surface area is 128 Å². The second-order valence-corrected chi connectivity index (χ2v) is 6.85. The summed E-state index contributed by atoms with van der Waals surface area (Å²) in [6.45, 7) is 4.82. The lowest BCUT2D eigenvalue weighted by Crippen LogP contribution is -2.22. The number of hydrogen-bond donors (Lipinski definition) is 2. The summed E-state index contributed by atoms with van der Waals surface area (Å²) >= 11 is 1.61. The van der Waals surface area contributed by atoms with Gasteiger partial charge in [0.2, 0.25) is 0 Å². The number of thiophene rings is 1. The van der Waals surface area contributed by atoms with E-state index in [-0.39, 0.29) is 5.91 Å². The van der Waals surface area contributed by atoms with Gasteiger partial charge in [-0.25, -0.2) is 0 Å². The van der Waals surface area contributed by atoms with E-state index in [0.29, 0.717) is 12.1 Å². The molecule has 1 atom stereocenters. The topological polar surface area (TPSA) is 49.3 Å². The molecule has 1 aliphatic heterocycles. The fourth-order valence-electron chi connectivity index (χ4n) is 2.67. The molecular weight excluding hydrogens is 282 g/mol. The second-order valence-electron chi connectivity index (χ2n) is 5.57. The number of aliphatic hydroxyl groups is 1. The molecule has 3 nitrogen and oxygen atoms in total. The van der Waals surface area contributed by atoms with Crippen LogP contribution in [0.1, 0.15) is 49.3 Å². The van der Waals surface area contributed by atoms with Crippen molar-refractivity contribution in [1.29, 1.82) is 0 Å². The fraction of sp³-hybridized carbons (Fsp3) is 0.353. The maximum atomic E-state index is 12.1. The van der Waals surface area contributed by atoms with Crippen molar-refractivity contribution in [2.24, 2.45) is 0 Å². The number of nitrogens with one attached hydrogen (secondary N) is 1. The summed E-state index contributed by atoms with van der Waals surface area (Å²) < 4.78 is 0. The number of aryl methyl sites for hydroxylation is 3. The minimum atomic E-state index is -0.663. The van der Waals surface area contributed by atoms with E-state index >= 15 is 0 Å². The number of rotatable bonds is 2. The molecule has 0 saturated heterocycles. The lowest BCUT2D eigenvalue weighted by Gasteiger charge is -2.12. The van der Waals surface area contributed by atoms with Crippen LogP contribution in [-0.2, 0) is 6.42 Å². The normalized spacial score (nSPS) is 16.0. The van der Waals surface area contributed by atoms with Crippen LogP contribution in [0, 0.1) is 13.8 Å². The molecule has 110 valence electrons. The van der Waals surface area contributed by atoms with Crippen LogP contribution in [0.15, 0.2) is 24.3 Å². The van der Waals surface area contributed by atoms with Crippen LogP contribution in [0.3, 0.4) is 0 Å². The maximum absolute atomic E-state index is 12.1. The SMILES string of the molecule is Cc1cc(C(O)c2ccc3c(c2)C(=O)NCCC3)sc1C. The molecule has 1 unspecified atom stereocenters. The van der Waals surface area contributed by atoms with Crippen molar-refractivity contribution < 1.29 is 9.90 Å². The van der Waals surface area contributed by atoms with Crippen molar-refractivity contribution in [3.8, 4) is 0 Å². The third-order valence-electron chi connectivity index (χ3n) is 4.06. The standard InChI is InChI=1S/C17H19NO2S/c1-10-8-15(21-11(10)2)16(19)13-6-5-12-4-3-7-18-17(20)14(12)9-13/h5-6,8-9,16,19H,3-4,7H2,1-2H3,(H,18,20). The van der Waals surface area contributed by atoms with Crippen LogP contribution in [0.5, 0.6) is 0 Å². The van der Waals surface area contributed by atoms with Gasteiger partial charge in [-0.15, -0.1) is 11.3 Å². The smallest absolute Gasteiger partial charge is 0.251 e. The molecule has 0 fully saturated rings. The quantitative estimate of drug-likeness (QED) is 0.895. The predicted octanol–water partition coefficient (Wildman–Crippen LogP) is 3.12. The molecular formula is C17H19NO2S. The van der Waals surface area contributed by atoms with Gasteiger partial charge < -0.3 is 10.4 Å². The van der Waals surface area contributed by atoms with Gasteiger partial charge in [0.1, 0.15) is 6.10 Å². The predicted molar refractivity (Wildman–Crippen MR) is 85.0 cm³/mol. The highest BCUT2D eigenvalue weighted by Gasteiger charge is 2.19. The Kier molecular flexibility index (Phi) is 3.83. The highest BCUT2D eigenvalue weighted by Crippen LogP contribution is 2.31. The Bertz CT molecular complexity index is 671. The summed E-state index contributed by atoms with van der Waals surface area (Å²) in [4.78, 5) is 14.2. The highest BCUT2D eigenvalue weighted by molar-refractivity contribution is 7.12. The van der Waals surface area contributed by atoms with E-state index in [1.165, 1.54) is 10.4 Å². The number of hydrogen-bond acceptors (Lipinski definition) is 3. The molecule has 2 N–H and O–H groups in total. The molecule has 0 radical (unpaired) electrons. The first-order chi connectivity index (χ1) is 10.1. The average Bonchev–Trinajstić information content (AvgIpc) is 2.70. The summed E-state index contributed by atoms with van der Waals surface area (Å²) in [5.41, 5.74) is 3.75. The van der Waals surface area contributed by atoms with Crippen LogP contribution in [0.2, 0.25) is 0 Å². The van der Waals surface area contributed by atoms with Crippen LogP contribution in [0.4, 0.5) is 0 Å². The van der Waals surface area contributed by atoms with E-state index in [0.717, 1.165) is 28.8 Å². The maximum Gasteiger partial charge on any atom is 0.251 e. The van der Waals surface area contributed by atoms with Gasteiger partial charge in [-0.2, -0.15) is 0 Å². The van der Waals surface area contributed by atoms with Gasteiger partial charge in [-0.1, -0.05) is 12.1 Å². The third-order valence-corrected chi connectivity index (χ3v) is 5.26. The average molecular weight is 301 g/mol. The molecule has 0 saturated carbocycles. The summed E-state index contributed by atoms with van der Waals surface area (Å²) in [6.07, 6.45) is 1.20. The lowest BCUT2D eigenvalue weighted by atomic mass is 9.98. The number of aliphatic hydroxyl groups excluding tert-OH is 1. The van der Waals surface area contributed by atoms with Gasteiger partial charge in [0.05, 0.1) is 0 Å². The molecule has 1 amide bonds. The molecule has 0 bridgehead atoms. The van der Waals surface area contributed by atoms with Gasteiger partial charge in [0.25, 0.3) is 5.91 Å². The van der Waals surface area contributed by atoms with Crippen LogP contribution < -0.4 is 5.32 Å². The molecule has 3 rings (SSSR count). The second kappa shape index (κ2) is 5.62. The van der Waals surface area contributed by atoms with Crippen molar-refractivity contribution in [2.75, 3.05) is 6.54 Å². The molecule has 2 heterocycles.